The van der Waals surface area contributed by atoms with E-state index in [0.29, 0.717) is 11.5 Å². The Labute approximate surface area is 195 Å². The van der Waals surface area contributed by atoms with Crippen molar-refractivity contribution in [2.45, 2.75) is 24.9 Å². The molecule has 0 aliphatic heterocycles. The van der Waals surface area contributed by atoms with Gasteiger partial charge in [-0.3, -0.25) is 10.1 Å². The van der Waals surface area contributed by atoms with Crippen LogP contribution < -0.4 is 24.8 Å². The van der Waals surface area contributed by atoms with Gasteiger partial charge in [0, 0.05) is 13.1 Å². The quantitative estimate of drug-likeness (QED) is 0.453. The van der Waals surface area contributed by atoms with E-state index < -0.39 is 6.04 Å². The Bertz CT molecular complexity index is 1020. The number of carbonyl (C=O) groups excluding carboxylic acids is 1. The zero-order valence-corrected chi connectivity index (χ0v) is 19.6. The average molecular weight is 449 g/mol. The van der Waals surface area contributed by atoms with Crippen molar-refractivity contribution in [2.24, 2.45) is 0 Å². The lowest BCUT2D eigenvalue weighted by Gasteiger charge is -2.26. The number of nitrogens with one attached hydrogen (secondary N) is 2. The summed E-state index contributed by atoms with van der Waals surface area (Å²) in [6, 6.07) is 23.1. The first-order valence-electron chi connectivity index (χ1n) is 11.0. The van der Waals surface area contributed by atoms with Crippen molar-refractivity contribution in [1.82, 2.24) is 10.6 Å². The lowest BCUT2D eigenvalue weighted by atomic mass is 9.96. The van der Waals surface area contributed by atoms with E-state index in [1.165, 1.54) is 5.56 Å². The van der Waals surface area contributed by atoms with E-state index >= 15 is 0 Å². The Morgan fingerprint density at radius 3 is 2.12 bits per heavy atom. The number of rotatable bonds is 11. The van der Waals surface area contributed by atoms with E-state index in [1.807, 2.05) is 60.7 Å². The van der Waals surface area contributed by atoms with Crippen LogP contribution in [0.2, 0.25) is 0 Å². The molecule has 33 heavy (non-hydrogen) atoms. The largest absolute Gasteiger partial charge is 0.497 e. The second-order valence-electron chi connectivity index (χ2n) is 7.68. The van der Waals surface area contributed by atoms with Crippen LogP contribution in [0.15, 0.2) is 72.8 Å². The van der Waals surface area contributed by atoms with Gasteiger partial charge in [0.1, 0.15) is 11.8 Å². The summed E-state index contributed by atoms with van der Waals surface area (Å²) >= 11 is 0. The van der Waals surface area contributed by atoms with Crippen molar-refractivity contribution < 1.29 is 19.0 Å². The molecule has 0 fully saturated rings. The summed E-state index contributed by atoms with van der Waals surface area (Å²) in [6.07, 6.45) is 1.60. The van der Waals surface area contributed by atoms with E-state index in [4.69, 9.17) is 14.2 Å². The molecular weight excluding hydrogens is 416 g/mol. The van der Waals surface area contributed by atoms with Crippen LogP contribution in [0.4, 0.5) is 0 Å². The maximum absolute atomic E-state index is 12.8. The van der Waals surface area contributed by atoms with Crippen LogP contribution in [0.3, 0.4) is 0 Å². The van der Waals surface area contributed by atoms with Gasteiger partial charge in [-0.2, -0.15) is 0 Å². The number of carbonyl (C=O) groups is 1. The monoisotopic (exact) mass is 448 g/mol. The molecule has 2 atom stereocenters. The van der Waals surface area contributed by atoms with Gasteiger partial charge in [-0.05, 0) is 53.8 Å². The smallest absolute Gasteiger partial charge is 0.241 e. The zero-order valence-electron chi connectivity index (χ0n) is 19.6. The number of amides is 1. The molecule has 0 aliphatic carbocycles. The van der Waals surface area contributed by atoms with Crippen LogP contribution in [-0.2, 0) is 11.2 Å². The summed E-state index contributed by atoms with van der Waals surface area (Å²) in [4.78, 5) is 12.8. The molecule has 0 radical (unpaired) electrons. The van der Waals surface area contributed by atoms with E-state index in [2.05, 4.69) is 22.8 Å². The second-order valence-corrected chi connectivity index (χ2v) is 7.68. The molecule has 0 bridgehead atoms. The molecule has 0 saturated heterocycles. The molecule has 3 rings (SSSR count). The van der Waals surface area contributed by atoms with E-state index in [1.54, 1.807) is 28.4 Å². The predicted octanol–water partition coefficient (Wildman–Crippen LogP) is 4.46. The molecule has 3 aromatic carbocycles. The molecule has 2 unspecified atom stereocenters. The van der Waals surface area contributed by atoms with Crippen molar-refractivity contribution in [3.05, 3.63) is 89.5 Å². The van der Waals surface area contributed by atoms with Crippen LogP contribution >= 0.6 is 0 Å². The summed E-state index contributed by atoms with van der Waals surface area (Å²) in [5, 5.41) is 6.37. The van der Waals surface area contributed by atoms with E-state index in [0.717, 1.165) is 29.7 Å². The topological polar surface area (TPSA) is 68.8 Å². The van der Waals surface area contributed by atoms with Crippen LogP contribution in [0.1, 0.15) is 35.2 Å². The molecule has 0 aromatic heterocycles. The van der Waals surface area contributed by atoms with Crippen molar-refractivity contribution in [3.8, 4) is 17.2 Å². The third-order valence-corrected chi connectivity index (χ3v) is 5.70. The summed E-state index contributed by atoms with van der Waals surface area (Å²) in [5.41, 5.74) is 3.12. The third kappa shape index (κ3) is 6.26. The third-order valence-electron chi connectivity index (χ3n) is 5.70. The fraction of sp³-hybridized carbons (Fsp3) is 0.296. The van der Waals surface area contributed by atoms with Crippen LogP contribution in [0, 0.1) is 0 Å². The fourth-order valence-electron chi connectivity index (χ4n) is 3.83. The van der Waals surface area contributed by atoms with Crippen molar-refractivity contribution in [3.63, 3.8) is 0 Å². The molecule has 6 heteroatoms. The number of ether oxygens (including phenoxy) is 3. The molecule has 174 valence electrons. The molecule has 0 spiro atoms. The van der Waals surface area contributed by atoms with Gasteiger partial charge in [0.15, 0.2) is 11.5 Å². The first kappa shape index (κ1) is 24.1. The number of benzene rings is 3. The number of methoxy groups -OCH3 is 3. The normalized spacial score (nSPS) is 12.5. The first-order chi connectivity index (χ1) is 16.1. The average Bonchev–Trinajstić information content (AvgIpc) is 2.88. The van der Waals surface area contributed by atoms with Crippen molar-refractivity contribution in [2.75, 3.05) is 28.4 Å². The van der Waals surface area contributed by atoms with Gasteiger partial charge >= 0.3 is 0 Å². The molecule has 2 N–H and O–H groups in total. The Hall–Kier alpha value is -3.51. The maximum Gasteiger partial charge on any atom is 0.241 e. The number of hydrogen-bond donors (Lipinski definition) is 2. The van der Waals surface area contributed by atoms with Gasteiger partial charge in [0.05, 0.1) is 21.3 Å². The van der Waals surface area contributed by atoms with Gasteiger partial charge < -0.3 is 19.5 Å². The highest BCUT2D eigenvalue weighted by Crippen LogP contribution is 2.33. The predicted molar refractivity (Wildman–Crippen MR) is 130 cm³/mol. The highest BCUT2D eigenvalue weighted by molar-refractivity contribution is 5.83. The molecule has 6 nitrogen and oxygen atoms in total. The van der Waals surface area contributed by atoms with Gasteiger partial charge in [0.25, 0.3) is 0 Å². The standard InChI is InChI=1S/C27H32N2O4/c1-28-27(30)26(20-8-6-5-7-9-20)29-23(16-12-19-10-14-22(31-2)15-11-19)21-13-17-24(32-3)25(18-21)33-4/h5-11,13-15,17-18,23,26,29H,12,16H2,1-4H3,(H,28,30). The summed E-state index contributed by atoms with van der Waals surface area (Å²) < 4.78 is 16.2. The minimum Gasteiger partial charge on any atom is -0.497 e. The van der Waals surface area contributed by atoms with Crippen molar-refractivity contribution in [1.29, 1.82) is 0 Å². The SMILES string of the molecule is CNC(=O)C(NC(CCc1ccc(OC)cc1)c1ccc(OC)c(OC)c1)c1ccccc1. The van der Waals surface area contributed by atoms with Gasteiger partial charge in [0.2, 0.25) is 5.91 Å². The molecule has 1 amide bonds. The van der Waals surface area contributed by atoms with Crippen LogP contribution in [-0.4, -0.2) is 34.3 Å². The van der Waals surface area contributed by atoms with Gasteiger partial charge in [-0.15, -0.1) is 0 Å². The lowest BCUT2D eigenvalue weighted by Crippen LogP contribution is -2.38. The zero-order chi connectivity index (χ0) is 23.6. The first-order valence-corrected chi connectivity index (χ1v) is 11.0. The molecule has 0 saturated carbocycles. The number of aryl methyl sites for hydroxylation is 1. The Balaban J connectivity index is 1.91. The Kier molecular flexibility index (Phi) is 8.72. The summed E-state index contributed by atoms with van der Waals surface area (Å²) in [5.74, 6) is 2.07. The highest BCUT2D eigenvalue weighted by Gasteiger charge is 2.24. The minimum atomic E-state index is -0.495. The minimum absolute atomic E-state index is 0.0869. The highest BCUT2D eigenvalue weighted by atomic mass is 16.5. The van der Waals surface area contributed by atoms with Crippen molar-refractivity contribution >= 4 is 5.91 Å². The van der Waals surface area contributed by atoms with E-state index in [9.17, 15) is 4.79 Å². The Morgan fingerprint density at radius 2 is 1.52 bits per heavy atom. The maximum atomic E-state index is 12.8. The fourth-order valence-corrected chi connectivity index (χ4v) is 3.83. The van der Waals surface area contributed by atoms with Crippen LogP contribution in [0.5, 0.6) is 17.2 Å². The molecule has 3 aromatic rings. The summed E-state index contributed by atoms with van der Waals surface area (Å²) in [7, 11) is 6.56. The second kappa shape index (κ2) is 11.9. The van der Waals surface area contributed by atoms with Gasteiger partial charge in [-0.25, -0.2) is 0 Å². The number of hydrogen-bond acceptors (Lipinski definition) is 5. The molecular formula is C27H32N2O4. The molecule has 0 heterocycles. The Morgan fingerprint density at radius 1 is 0.818 bits per heavy atom. The van der Waals surface area contributed by atoms with Crippen LogP contribution in [0.25, 0.3) is 0 Å². The number of likely N-dealkylation sites (N-methyl/N-ethyl adjacent to an activating group) is 1. The summed E-state index contributed by atoms with van der Waals surface area (Å²) in [6.45, 7) is 0. The van der Waals surface area contributed by atoms with E-state index in [-0.39, 0.29) is 11.9 Å². The van der Waals surface area contributed by atoms with Gasteiger partial charge in [-0.1, -0.05) is 48.5 Å². The lowest BCUT2D eigenvalue weighted by molar-refractivity contribution is -0.123. The molecule has 0 aliphatic rings.